The molecule has 2 N–H and O–H groups in total. The van der Waals surface area contributed by atoms with Crippen molar-refractivity contribution in [2.24, 2.45) is 0 Å². The molecule has 2 rings (SSSR count). The van der Waals surface area contributed by atoms with Crippen molar-refractivity contribution in [2.45, 2.75) is 12.5 Å². The third-order valence-electron chi connectivity index (χ3n) is 3.22. The first-order valence-electron chi connectivity index (χ1n) is 6.72. The van der Waals surface area contributed by atoms with Gasteiger partial charge in [-0.05, 0) is 25.1 Å². The van der Waals surface area contributed by atoms with Gasteiger partial charge >= 0.3 is 5.97 Å². The summed E-state index contributed by atoms with van der Waals surface area (Å²) in [6.45, 7) is 1.21. The Bertz CT molecular complexity index is 771. The summed E-state index contributed by atoms with van der Waals surface area (Å²) in [6.07, 6.45) is 4.45. The van der Waals surface area contributed by atoms with Crippen molar-refractivity contribution in [1.29, 1.82) is 0 Å². The lowest BCUT2D eigenvalue weighted by Gasteiger charge is -2.24. The van der Waals surface area contributed by atoms with Gasteiger partial charge in [0.05, 0.1) is 12.3 Å². The topological polar surface area (TPSA) is 92.9 Å². The van der Waals surface area contributed by atoms with E-state index in [1.807, 2.05) is 12.1 Å². The molecule has 0 aliphatic heterocycles. The van der Waals surface area contributed by atoms with E-state index in [4.69, 9.17) is 16.3 Å². The Balaban J connectivity index is 2.20. The van der Waals surface area contributed by atoms with E-state index < -0.39 is 17.4 Å². The first-order valence-corrected chi connectivity index (χ1v) is 7.10. The molecular formula is C15H16ClN3O4. The van der Waals surface area contributed by atoms with E-state index >= 15 is 0 Å². The monoisotopic (exact) mass is 337 g/mol. The van der Waals surface area contributed by atoms with Crippen LogP contribution >= 0.6 is 11.6 Å². The average Bonchev–Trinajstić information content (AvgIpc) is 2.80. The fourth-order valence-corrected chi connectivity index (χ4v) is 2.28. The molecule has 0 bridgehead atoms. The van der Waals surface area contributed by atoms with Gasteiger partial charge in [0.25, 0.3) is 0 Å². The third-order valence-corrected chi connectivity index (χ3v) is 3.50. The molecule has 2 aromatic heterocycles. The Kier molecular flexibility index (Phi) is 5.02. The van der Waals surface area contributed by atoms with Crippen LogP contribution in [0.5, 0.6) is 0 Å². The summed E-state index contributed by atoms with van der Waals surface area (Å²) in [4.78, 5) is 27.4. The summed E-state index contributed by atoms with van der Waals surface area (Å²) in [5.41, 5.74) is -0.340. The fourth-order valence-electron chi connectivity index (χ4n) is 2.04. The molecule has 23 heavy (non-hydrogen) atoms. The lowest BCUT2D eigenvalue weighted by atomic mass is 10.0. The Morgan fingerprint density at radius 1 is 1.52 bits per heavy atom. The number of hydrogen-bond donors (Lipinski definition) is 2. The summed E-state index contributed by atoms with van der Waals surface area (Å²) in [5, 5.41) is 11.8. The van der Waals surface area contributed by atoms with Crippen molar-refractivity contribution in [2.75, 3.05) is 13.7 Å². The molecule has 0 radical (unpaired) electrons. The maximum atomic E-state index is 12.0. The third kappa shape index (κ3) is 3.69. The number of carboxylic acid groups (broad SMARTS) is 1. The summed E-state index contributed by atoms with van der Waals surface area (Å²) in [6, 6.07) is 5.41. The second-order valence-electron chi connectivity index (χ2n) is 5.11. The Hall–Kier alpha value is -2.38. The molecule has 0 saturated carbocycles. The van der Waals surface area contributed by atoms with E-state index in [0.29, 0.717) is 11.3 Å². The van der Waals surface area contributed by atoms with Gasteiger partial charge in [-0.15, -0.1) is 0 Å². The molecule has 2 heterocycles. The summed E-state index contributed by atoms with van der Waals surface area (Å²) >= 11 is 6.06. The van der Waals surface area contributed by atoms with Gasteiger partial charge in [-0.25, -0.2) is 9.78 Å². The number of carbonyl (C=O) groups excluding carboxylic acids is 1. The first kappa shape index (κ1) is 17.0. The zero-order valence-corrected chi connectivity index (χ0v) is 13.4. The van der Waals surface area contributed by atoms with Gasteiger partial charge in [0.15, 0.2) is 10.7 Å². The van der Waals surface area contributed by atoms with Gasteiger partial charge < -0.3 is 15.2 Å². The van der Waals surface area contributed by atoms with Crippen LogP contribution in [0.1, 0.15) is 12.6 Å². The zero-order valence-electron chi connectivity index (χ0n) is 12.6. The number of carboxylic acids is 1. The molecule has 7 nitrogen and oxygen atoms in total. The molecule has 0 aliphatic rings. The summed E-state index contributed by atoms with van der Waals surface area (Å²) in [5.74, 6) is -1.76. The van der Waals surface area contributed by atoms with Crippen molar-refractivity contribution < 1.29 is 19.4 Å². The van der Waals surface area contributed by atoms with Crippen molar-refractivity contribution >= 4 is 35.2 Å². The van der Waals surface area contributed by atoms with Crippen LogP contribution in [0.25, 0.3) is 11.7 Å². The zero-order chi connectivity index (χ0) is 17.0. The van der Waals surface area contributed by atoms with Crippen molar-refractivity contribution in [3.63, 3.8) is 0 Å². The quantitative estimate of drug-likeness (QED) is 0.781. The number of nitrogens with zero attached hydrogens (tertiary/aromatic N) is 2. The van der Waals surface area contributed by atoms with Gasteiger partial charge in [0.1, 0.15) is 5.65 Å². The van der Waals surface area contributed by atoms with Crippen LogP contribution in [0, 0.1) is 0 Å². The second kappa shape index (κ2) is 6.80. The van der Waals surface area contributed by atoms with E-state index in [9.17, 15) is 14.7 Å². The standard InChI is InChI=1S/C15H16ClN3O4/c1-15(9-23-2,14(21)22)18-12(20)7-6-10-13(16)17-11-5-3-4-8-19(10)11/h3-8H,9H2,1-2H3,(H,18,20)(H,21,22)/b7-6+. The highest BCUT2D eigenvalue weighted by Gasteiger charge is 2.34. The van der Waals surface area contributed by atoms with Gasteiger partial charge in [0.2, 0.25) is 5.91 Å². The molecule has 1 amide bonds. The maximum absolute atomic E-state index is 12.0. The number of imidazole rings is 1. The van der Waals surface area contributed by atoms with Crippen LogP contribution in [0.15, 0.2) is 30.5 Å². The largest absolute Gasteiger partial charge is 0.479 e. The summed E-state index contributed by atoms with van der Waals surface area (Å²) in [7, 11) is 1.36. The number of aliphatic carboxylic acids is 1. The van der Waals surface area contributed by atoms with E-state index in [2.05, 4.69) is 10.3 Å². The minimum atomic E-state index is -1.51. The molecule has 122 valence electrons. The van der Waals surface area contributed by atoms with Crippen LogP contribution in [-0.4, -0.2) is 45.6 Å². The van der Waals surface area contributed by atoms with Crippen molar-refractivity contribution in [3.05, 3.63) is 41.3 Å². The Morgan fingerprint density at radius 3 is 2.91 bits per heavy atom. The van der Waals surface area contributed by atoms with Gasteiger partial charge in [-0.1, -0.05) is 17.7 Å². The number of rotatable bonds is 6. The molecule has 0 aliphatic carbocycles. The van der Waals surface area contributed by atoms with Gasteiger partial charge in [0, 0.05) is 19.4 Å². The number of nitrogens with one attached hydrogen (secondary N) is 1. The second-order valence-corrected chi connectivity index (χ2v) is 5.47. The highest BCUT2D eigenvalue weighted by atomic mass is 35.5. The predicted octanol–water partition coefficient (Wildman–Crippen LogP) is 1.61. The maximum Gasteiger partial charge on any atom is 0.331 e. The molecule has 0 saturated heterocycles. The van der Waals surface area contributed by atoms with Crippen molar-refractivity contribution in [3.8, 4) is 0 Å². The van der Waals surface area contributed by atoms with Gasteiger partial charge in [-0.3, -0.25) is 9.20 Å². The summed E-state index contributed by atoms with van der Waals surface area (Å²) < 4.78 is 6.56. The van der Waals surface area contributed by atoms with E-state index in [0.717, 1.165) is 0 Å². The first-order chi connectivity index (χ1) is 10.9. The normalized spacial score (nSPS) is 14.0. The molecule has 1 unspecified atom stereocenters. The number of fused-ring (bicyclic) bond motifs is 1. The number of halogens is 1. The Morgan fingerprint density at radius 2 is 2.26 bits per heavy atom. The fraction of sp³-hybridized carbons (Fsp3) is 0.267. The number of carbonyl (C=O) groups is 2. The minimum absolute atomic E-state index is 0.154. The molecule has 8 heteroatoms. The smallest absolute Gasteiger partial charge is 0.331 e. The number of aromatic nitrogens is 2. The van der Waals surface area contributed by atoms with Crippen LogP contribution in [-0.2, 0) is 14.3 Å². The van der Waals surface area contributed by atoms with Crippen LogP contribution in [0.2, 0.25) is 5.15 Å². The average molecular weight is 338 g/mol. The van der Waals surface area contributed by atoms with E-state index in [1.54, 1.807) is 16.7 Å². The molecule has 2 aromatic rings. The molecule has 0 aromatic carbocycles. The van der Waals surface area contributed by atoms with Crippen LogP contribution in [0.3, 0.4) is 0 Å². The molecule has 0 fully saturated rings. The minimum Gasteiger partial charge on any atom is -0.479 e. The predicted molar refractivity (Wildman–Crippen MR) is 85.3 cm³/mol. The number of pyridine rings is 1. The lowest BCUT2D eigenvalue weighted by molar-refractivity contribution is -0.148. The van der Waals surface area contributed by atoms with E-state index in [-0.39, 0.29) is 11.8 Å². The highest BCUT2D eigenvalue weighted by molar-refractivity contribution is 6.31. The number of hydrogen-bond acceptors (Lipinski definition) is 4. The number of amides is 1. The lowest BCUT2D eigenvalue weighted by Crippen LogP contribution is -2.54. The van der Waals surface area contributed by atoms with Gasteiger partial charge in [-0.2, -0.15) is 0 Å². The van der Waals surface area contributed by atoms with E-state index in [1.165, 1.54) is 26.2 Å². The van der Waals surface area contributed by atoms with Crippen LogP contribution in [0.4, 0.5) is 0 Å². The van der Waals surface area contributed by atoms with Crippen LogP contribution < -0.4 is 5.32 Å². The molecule has 0 spiro atoms. The highest BCUT2D eigenvalue weighted by Crippen LogP contribution is 2.18. The SMILES string of the molecule is COCC(C)(NC(=O)/C=C/c1c(Cl)nc2ccccn12)C(=O)O. The number of methoxy groups -OCH3 is 1. The molecule has 1 atom stereocenters. The van der Waals surface area contributed by atoms with Crippen molar-refractivity contribution in [1.82, 2.24) is 14.7 Å². The number of ether oxygens (including phenoxy) is 1. The molecular weight excluding hydrogens is 322 g/mol. The Labute approximate surface area is 137 Å².